The molecule has 6 nitrogen and oxygen atoms in total. The highest BCUT2D eigenvalue weighted by atomic mass is 35.5. The van der Waals surface area contributed by atoms with Gasteiger partial charge in [0.15, 0.2) is 6.61 Å². The molecule has 11 heteroatoms. The number of hydrogen-bond donors (Lipinski definition) is 1. The highest BCUT2D eigenvalue weighted by molar-refractivity contribution is 7.22. The first-order valence-electron chi connectivity index (χ1n) is 8.26. The number of thiophene rings is 1. The summed E-state index contributed by atoms with van der Waals surface area (Å²) in [6.45, 7) is -3.52. The summed E-state index contributed by atoms with van der Waals surface area (Å²) >= 11 is 13.5. The van der Waals surface area contributed by atoms with Crippen LogP contribution in [-0.4, -0.2) is 32.2 Å². The molecule has 0 aliphatic heterocycles. The van der Waals surface area contributed by atoms with Crippen LogP contribution in [0.4, 0.5) is 14.5 Å². The number of fused-ring (bicyclic) bond motifs is 1. The van der Waals surface area contributed by atoms with Crippen molar-refractivity contribution >= 4 is 62.2 Å². The first-order chi connectivity index (χ1) is 14.3. The van der Waals surface area contributed by atoms with Crippen LogP contribution in [0.25, 0.3) is 10.1 Å². The SMILES string of the molecule is COc1ccc2c(Cl)c(C(=O)OCC(=O)Nc3ccc(OC(F)F)cc3)sc2c1Cl. The van der Waals surface area contributed by atoms with Crippen molar-refractivity contribution in [2.75, 3.05) is 19.0 Å². The predicted molar refractivity (Wildman–Crippen MR) is 110 cm³/mol. The van der Waals surface area contributed by atoms with Gasteiger partial charge in [0.2, 0.25) is 0 Å². The molecule has 1 N–H and O–H groups in total. The van der Waals surface area contributed by atoms with Crippen LogP contribution in [-0.2, 0) is 9.53 Å². The highest BCUT2D eigenvalue weighted by Crippen LogP contribution is 2.43. The molecule has 0 radical (unpaired) electrons. The summed E-state index contributed by atoms with van der Waals surface area (Å²) in [6.07, 6.45) is 0. The van der Waals surface area contributed by atoms with Gasteiger partial charge in [-0.15, -0.1) is 11.3 Å². The van der Waals surface area contributed by atoms with Crippen molar-refractivity contribution in [1.82, 2.24) is 0 Å². The topological polar surface area (TPSA) is 73.9 Å². The molecule has 158 valence electrons. The van der Waals surface area contributed by atoms with Crippen LogP contribution in [0.15, 0.2) is 36.4 Å². The third-order valence-corrected chi connectivity index (χ3v) is 6.00. The number of nitrogens with one attached hydrogen (secondary N) is 1. The molecule has 0 saturated heterocycles. The Bertz CT molecular complexity index is 1090. The highest BCUT2D eigenvalue weighted by Gasteiger charge is 2.22. The molecular weight excluding hydrogens is 463 g/mol. The lowest BCUT2D eigenvalue weighted by atomic mass is 10.2. The van der Waals surface area contributed by atoms with Gasteiger partial charge < -0.3 is 19.5 Å². The summed E-state index contributed by atoms with van der Waals surface area (Å²) in [5.41, 5.74) is 0.316. The molecule has 2 aromatic carbocycles. The second-order valence-corrected chi connectivity index (χ2v) is 7.51. The van der Waals surface area contributed by atoms with Crippen LogP contribution >= 0.6 is 34.5 Å². The van der Waals surface area contributed by atoms with E-state index in [9.17, 15) is 18.4 Å². The molecule has 0 unspecified atom stereocenters. The maximum Gasteiger partial charge on any atom is 0.387 e. The second-order valence-electron chi connectivity index (χ2n) is 5.73. The van der Waals surface area contributed by atoms with Crippen molar-refractivity contribution in [3.63, 3.8) is 0 Å². The number of halogens is 4. The Labute approximate surface area is 183 Å². The lowest BCUT2D eigenvalue weighted by molar-refractivity contribution is -0.119. The summed E-state index contributed by atoms with van der Waals surface area (Å²) in [7, 11) is 1.47. The summed E-state index contributed by atoms with van der Waals surface area (Å²) < 4.78 is 39.2. The molecule has 1 amide bonds. The third kappa shape index (κ3) is 4.92. The van der Waals surface area contributed by atoms with Gasteiger partial charge in [0.25, 0.3) is 5.91 Å². The van der Waals surface area contributed by atoms with Gasteiger partial charge in [0.05, 0.1) is 16.8 Å². The van der Waals surface area contributed by atoms with E-state index in [0.717, 1.165) is 11.3 Å². The average Bonchev–Trinajstić information content (AvgIpc) is 3.05. The van der Waals surface area contributed by atoms with E-state index in [1.54, 1.807) is 12.1 Å². The molecule has 0 saturated carbocycles. The number of esters is 1. The third-order valence-electron chi connectivity index (χ3n) is 3.80. The van der Waals surface area contributed by atoms with Gasteiger partial charge in [-0.3, -0.25) is 4.79 Å². The maximum absolute atomic E-state index is 12.4. The molecule has 3 aromatic rings. The average molecular weight is 476 g/mol. The fourth-order valence-electron chi connectivity index (χ4n) is 2.48. The Kier molecular flexibility index (Phi) is 6.96. The Hall–Kier alpha value is -2.62. The van der Waals surface area contributed by atoms with Crippen molar-refractivity contribution in [2.45, 2.75) is 6.61 Å². The van der Waals surface area contributed by atoms with Gasteiger partial charge in [-0.1, -0.05) is 23.2 Å². The molecule has 1 aromatic heterocycles. The maximum atomic E-state index is 12.4. The Morgan fingerprint density at radius 3 is 2.43 bits per heavy atom. The van der Waals surface area contributed by atoms with E-state index in [1.165, 1.54) is 31.4 Å². The monoisotopic (exact) mass is 475 g/mol. The van der Waals surface area contributed by atoms with Gasteiger partial charge in [-0.2, -0.15) is 8.78 Å². The quantitative estimate of drug-likeness (QED) is 0.449. The van der Waals surface area contributed by atoms with E-state index in [-0.39, 0.29) is 15.6 Å². The van der Waals surface area contributed by atoms with E-state index in [1.807, 2.05) is 0 Å². The normalized spacial score (nSPS) is 10.9. The molecule has 3 rings (SSSR count). The van der Waals surface area contributed by atoms with Crippen LogP contribution in [0.1, 0.15) is 9.67 Å². The first-order valence-corrected chi connectivity index (χ1v) is 9.83. The van der Waals surface area contributed by atoms with Crippen molar-refractivity contribution in [3.8, 4) is 11.5 Å². The molecule has 0 atom stereocenters. The van der Waals surface area contributed by atoms with E-state index >= 15 is 0 Å². The van der Waals surface area contributed by atoms with E-state index in [2.05, 4.69) is 10.1 Å². The van der Waals surface area contributed by atoms with Crippen molar-refractivity contribution < 1.29 is 32.6 Å². The zero-order valence-electron chi connectivity index (χ0n) is 15.2. The van der Waals surface area contributed by atoms with Crippen LogP contribution in [0.5, 0.6) is 11.5 Å². The number of hydrogen-bond acceptors (Lipinski definition) is 6. The number of methoxy groups -OCH3 is 1. The Morgan fingerprint density at radius 2 is 1.80 bits per heavy atom. The standard InChI is InChI=1S/C19H13Cl2F2NO5S/c1-27-12-7-6-11-14(20)17(30-16(11)15(12)21)18(26)28-8-13(25)24-9-2-4-10(5-3-9)29-19(22)23/h2-7,19H,8H2,1H3,(H,24,25). The van der Waals surface area contributed by atoms with Crippen LogP contribution in [0, 0.1) is 0 Å². The lowest BCUT2D eigenvalue weighted by Crippen LogP contribution is -2.20. The molecule has 0 fully saturated rings. The smallest absolute Gasteiger partial charge is 0.387 e. The van der Waals surface area contributed by atoms with E-state index in [4.69, 9.17) is 32.7 Å². The van der Waals surface area contributed by atoms with Crippen LogP contribution in [0.3, 0.4) is 0 Å². The lowest BCUT2D eigenvalue weighted by Gasteiger charge is -2.08. The number of carbonyl (C=O) groups is 2. The van der Waals surface area contributed by atoms with Gasteiger partial charge in [-0.25, -0.2) is 4.79 Å². The summed E-state index contributed by atoms with van der Waals surface area (Å²) in [4.78, 5) is 24.5. The van der Waals surface area contributed by atoms with Gasteiger partial charge >= 0.3 is 12.6 Å². The minimum Gasteiger partial charge on any atom is -0.495 e. The summed E-state index contributed by atoms with van der Waals surface area (Å²) in [5, 5.41) is 3.52. The summed E-state index contributed by atoms with van der Waals surface area (Å²) in [6, 6.07) is 8.57. The number of anilines is 1. The number of benzene rings is 2. The molecule has 0 aliphatic rings. The van der Waals surface area contributed by atoms with Crippen molar-refractivity contribution in [2.24, 2.45) is 0 Å². The van der Waals surface area contributed by atoms with Crippen LogP contribution < -0.4 is 14.8 Å². The zero-order valence-corrected chi connectivity index (χ0v) is 17.5. The molecule has 0 spiro atoms. The fraction of sp³-hybridized carbons (Fsp3) is 0.158. The van der Waals surface area contributed by atoms with Gasteiger partial charge in [0, 0.05) is 11.1 Å². The molecule has 30 heavy (non-hydrogen) atoms. The van der Waals surface area contributed by atoms with Crippen molar-refractivity contribution in [3.05, 3.63) is 51.3 Å². The number of ether oxygens (including phenoxy) is 3. The van der Waals surface area contributed by atoms with Crippen molar-refractivity contribution in [1.29, 1.82) is 0 Å². The Balaban J connectivity index is 1.63. The zero-order chi connectivity index (χ0) is 21.8. The van der Waals surface area contributed by atoms with Crippen LogP contribution in [0.2, 0.25) is 10.0 Å². The Morgan fingerprint density at radius 1 is 1.10 bits per heavy atom. The molecular formula is C19H13Cl2F2NO5S. The first kappa shape index (κ1) is 22.1. The number of rotatable bonds is 7. The molecule has 0 bridgehead atoms. The summed E-state index contributed by atoms with van der Waals surface area (Å²) in [5.74, 6) is -1.02. The van der Waals surface area contributed by atoms with E-state index < -0.39 is 25.1 Å². The number of carbonyl (C=O) groups excluding carboxylic acids is 2. The second kappa shape index (κ2) is 9.46. The number of amides is 1. The number of alkyl halides is 2. The van der Waals surface area contributed by atoms with Gasteiger partial charge in [-0.05, 0) is 36.4 Å². The minimum absolute atomic E-state index is 0.0517. The predicted octanol–water partition coefficient (Wildman–Crippen LogP) is 5.61. The largest absolute Gasteiger partial charge is 0.495 e. The fourth-order valence-corrected chi connectivity index (χ4v) is 4.26. The minimum atomic E-state index is -2.94. The van der Waals surface area contributed by atoms with E-state index in [0.29, 0.717) is 26.5 Å². The molecule has 1 heterocycles. The molecule has 0 aliphatic carbocycles. The van der Waals surface area contributed by atoms with Gasteiger partial charge in [0.1, 0.15) is 21.4 Å².